The van der Waals surface area contributed by atoms with E-state index in [0.717, 1.165) is 34.4 Å². The maximum absolute atomic E-state index is 14.1. The van der Waals surface area contributed by atoms with Gasteiger partial charge in [-0.2, -0.15) is 0 Å². The first-order chi connectivity index (χ1) is 13.5. The average molecular weight is 469 g/mol. The summed E-state index contributed by atoms with van der Waals surface area (Å²) in [6, 6.07) is 8.53. The van der Waals surface area contributed by atoms with Crippen molar-refractivity contribution in [3.63, 3.8) is 0 Å². The topological polar surface area (TPSA) is 26.0 Å². The summed E-state index contributed by atoms with van der Waals surface area (Å²) in [4.78, 5) is 7.19. The van der Waals surface area contributed by atoms with Crippen LogP contribution in [0.3, 0.4) is 0 Å². The summed E-state index contributed by atoms with van der Waals surface area (Å²) in [5.41, 5.74) is 3.49. The van der Waals surface area contributed by atoms with Crippen LogP contribution in [0.15, 0.2) is 41.0 Å². The molecule has 0 saturated heterocycles. The fourth-order valence-electron chi connectivity index (χ4n) is 3.93. The summed E-state index contributed by atoms with van der Waals surface area (Å²) >= 11 is 14.0. The smallest absolute Gasteiger partial charge is 0.142 e. The van der Waals surface area contributed by atoms with Crippen LogP contribution in [0.5, 0.6) is 0 Å². The van der Waals surface area contributed by atoms with Crippen LogP contribution < -0.4 is 0 Å². The number of nitrogens with zero attached hydrogens (tertiary/aromatic N) is 1. The Hall–Kier alpha value is -1.59. The van der Waals surface area contributed by atoms with Gasteiger partial charge in [-0.3, -0.25) is 0 Å². The van der Waals surface area contributed by atoms with Gasteiger partial charge in [0.2, 0.25) is 0 Å². The first-order valence-electron chi connectivity index (χ1n) is 9.15. The fraction of sp³-hybridized carbons (Fsp3) is 0.227. The number of aryl methyl sites for hydroxylation is 1. The number of halogens is 4. The van der Waals surface area contributed by atoms with E-state index in [1.165, 1.54) is 29.0 Å². The molecule has 4 aromatic rings. The van der Waals surface area contributed by atoms with Crippen LogP contribution in [0.2, 0.25) is 10.0 Å². The molecule has 1 aliphatic carbocycles. The van der Waals surface area contributed by atoms with Gasteiger partial charge in [0.05, 0.1) is 22.0 Å². The standard InChI is InChI=1S/C22H16Cl2FNOS.ClH/c1-11-4-5-12-20(7-11)28-22-21(12)14(19-3-2-6-27-19)9-18(26-22)13-8-17(25)16(24)10-15(13)23;/h2-3,6,8-11H,4-5,7H2,1H3;1H. The van der Waals surface area contributed by atoms with Gasteiger partial charge in [-0.25, -0.2) is 9.37 Å². The molecule has 0 fully saturated rings. The molecule has 150 valence electrons. The molecule has 0 N–H and O–H groups in total. The van der Waals surface area contributed by atoms with E-state index in [1.54, 1.807) is 17.6 Å². The van der Waals surface area contributed by atoms with Crippen LogP contribution >= 0.6 is 46.9 Å². The fourth-order valence-corrected chi connectivity index (χ4v) is 5.81. The normalized spacial score (nSPS) is 15.9. The summed E-state index contributed by atoms with van der Waals surface area (Å²) in [6.45, 7) is 2.29. The molecule has 1 aromatic carbocycles. The van der Waals surface area contributed by atoms with Gasteiger partial charge in [-0.05, 0) is 61.1 Å². The lowest BCUT2D eigenvalue weighted by atomic mass is 9.88. The summed E-state index contributed by atoms with van der Waals surface area (Å²) in [6.07, 6.45) is 4.95. The minimum atomic E-state index is -0.512. The van der Waals surface area contributed by atoms with E-state index in [-0.39, 0.29) is 17.4 Å². The third kappa shape index (κ3) is 3.57. The van der Waals surface area contributed by atoms with Crippen LogP contribution in [0.4, 0.5) is 4.39 Å². The molecule has 5 rings (SSSR count). The van der Waals surface area contributed by atoms with Crippen LogP contribution in [0.25, 0.3) is 32.8 Å². The predicted molar refractivity (Wildman–Crippen MR) is 121 cm³/mol. The Balaban J connectivity index is 0.00000205. The first-order valence-corrected chi connectivity index (χ1v) is 10.7. The van der Waals surface area contributed by atoms with E-state index in [9.17, 15) is 4.39 Å². The number of rotatable bonds is 2. The van der Waals surface area contributed by atoms with E-state index in [2.05, 4.69) is 6.92 Å². The Morgan fingerprint density at radius 2 is 2.00 bits per heavy atom. The van der Waals surface area contributed by atoms with E-state index < -0.39 is 5.82 Å². The highest BCUT2D eigenvalue weighted by Gasteiger charge is 2.25. The van der Waals surface area contributed by atoms with Gasteiger partial charge in [0.25, 0.3) is 0 Å². The second-order valence-electron chi connectivity index (χ2n) is 7.31. The number of aromatic nitrogens is 1. The molecule has 3 aromatic heterocycles. The average Bonchev–Trinajstić information content (AvgIpc) is 3.31. The molecule has 1 aliphatic rings. The highest BCUT2D eigenvalue weighted by molar-refractivity contribution is 7.19. The molecule has 0 bridgehead atoms. The van der Waals surface area contributed by atoms with Gasteiger partial charge in [0.15, 0.2) is 0 Å². The number of thiophene rings is 1. The maximum Gasteiger partial charge on any atom is 0.142 e. The van der Waals surface area contributed by atoms with Crippen molar-refractivity contribution in [1.29, 1.82) is 0 Å². The van der Waals surface area contributed by atoms with E-state index in [1.807, 2.05) is 18.2 Å². The summed E-state index contributed by atoms with van der Waals surface area (Å²) in [7, 11) is 0. The van der Waals surface area contributed by atoms with Gasteiger partial charge in [0, 0.05) is 21.4 Å². The van der Waals surface area contributed by atoms with Crippen LogP contribution in [0.1, 0.15) is 23.8 Å². The molecule has 1 unspecified atom stereocenters. The second kappa shape index (κ2) is 7.92. The Kier molecular flexibility index (Phi) is 5.64. The van der Waals surface area contributed by atoms with Crippen LogP contribution in [0, 0.1) is 11.7 Å². The van der Waals surface area contributed by atoms with Crippen molar-refractivity contribution >= 4 is 57.2 Å². The third-order valence-corrected chi connectivity index (χ3v) is 7.09. The number of pyridine rings is 1. The van der Waals surface area contributed by atoms with E-state index >= 15 is 0 Å². The zero-order chi connectivity index (χ0) is 19.4. The lowest BCUT2D eigenvalue weighted by molar-refractivity contribution is 0.509. The Bertz CT molecular complexity index is 1200. The molecule has 0 radical (unpaired) electrons. The quantitative estimate of drug-likeness (QED) is 0.277. The van der Waals surface area contributed by atoms with Gasteiger partial charge in [0.1, 0.15) is 16.4 Å². The molecule has 0 saturated carbocycles. The van der Waals surface area contributed by atoms with Crippen molar-refractivity contribution in [2.24, 2.45) is 5.92 Å². The number of hydrogen-bond donors (Lipinski definition) is 0. The number of furan rings is 1. The van der Waals surface area contributed by atoms with Gasteiger partial charge < -0.3 is 4.42 Å². The maximum atomic E-state index is 14.1. The highest BCUT2D eigenvalue weighted by atomic mass is 35.5. The SMILES string of the molecule is CC1CCc2c(sc3nc(-c4cc(F)c(Cl)cc4Cl)cc(-c4ccco4)c23)C1.Cl. The van der Waals surface area contributed by atoms with E-state index in [4.69, 9.17) is 32.6 Å². The molecule has 0 amide bonds. The Morgan fingerprint density at radius 3 is 2.76 bits per heavy atom. The minimum Gasteiger partial charge on any atom is -0.464 e. The second-order valence-corrected chi connectivity index (χ2v) is 9.21. The molecule has 2 nitrogen and oxygen atoms in total. The third-order valence-electron chi connectivity index (χ3n) is 5.34. The van der Waals surface area contributed by atoms with E-state index in [0.29, 0.717) is 22.2 Å². The van der Waals surface area contributed by atoms with Crippen molar-refractivity contribution in [3.05, 3.63) is 62.9 Å². The van der Waals surface area contributed by atoms with Crippen molar-refractivity contribution in [1.82, 2.24) is 4.98 Å². The molecule has 1 atom stereocenters. The van der Waals surface area contributed by atoms with Crippen molar-refractivity contribution in [2.45, 2.75) is 26.2 Å². The first kappa shape index (κ1) is 20.7. The molecular formula is C22H17Cl3FNOS. The number of benzene rings is 1. The summed E-state index contributed by atoms with van der Waals surface area (Å²) in [5.74, 6) is 0.937. The minimum absolute atomic E-state index is 0. The van der Waals surface area contributed by atoms with Crippen molar-refractivity contribution in [2.75, 3.05) is 0 Å². The predicted octanol–water partition coefficient (Wildman–Crippen LogP) is 8.22. The molecule has 7 heteroatoms. The van der Waals surface area contributed by atoms with Gasteiger partial charge in [-0.1, -0.05) is 30.1 Å². The largest absolute Gasteiger partial charge is 0.464 e. The summed E-state index contributed by atoms with van der Waals surface area (Å²) in [5, 5.41) is 1.52. The number of hydrogen-bond acceptors (Lipinski definition) is 3. The monoisotopic (exact) mass is 467 g/mol. The van der Waals surface area contributed by atoms with Gasteiger partial charge in [-0.15, -0.1) is 23.7 Å². The van der Waals surface area contributed by atoms with Crippen LogP contribution in [-0.2, 0) is 12.8 Å². The zero-order valence-corrected chi connectivity index (χ0v) is 18.6. The molecule has 3 heterocycles. The Morgan fingerprint density at radius 1 is 1.17 bits per heavy atom. The zero-order valence-electron chi connectivity index (χ0n) is 15.5. The molecule has 0 aliphatic heterocycles. The molecular weight excluding hydrogens is 452 g/mol. The van der Waals surface area contributed by atoms with Crippen molar-refractivity contribution in [3.8, 4) is 22.6 Å². The van der Waals surface area contributed by atoms with Gasteiger partial charge >= 0.3 is 0 Å². The highest BCUT2D eigenvalue weighted by Crippen LogP contribution is 2.44. The molecule has 29 heavy (non-hydrogen) atoms. The summed E-state index contributed by atoms with van der Waals surface area (Å²) < 4.78 is 19.8. The Labute approximate surface area is 188 Å². The lowest BCUT2D eigenvalue weighted by Gasteiger charge is -2.18. The number of fused-ring (bicyclic) bond motifs is 3. The molecule has 0 spiro atoms. The van der Waals surface area contributed by atoms with Crippen molar-refractivity contribution < 1.29 is 8.81 Å². The van der Waals surface area contributed by atoms with Crippen LogP contribution in [-0.4, -0.2) is 4.98 Å². The lowest BCUT2D eigenvalue weighted by Crippen LogP contribution is -2.08.